The van der Waals surface area contributed by atoms with Crippen molar-refractivity contribution in [2.75, 3.05) is 0 Å². The van der Waals surface area contributed by atoms with Crippen LogP contribution in [0.4, 0.5) is 0 Å². The van der Waals surface area contributed by atoms with Crippen molar-refractivity contribution in [3.63, 3.8) is 0 Å². The summed E-state index contributed by atoms with van der Waals surface area (Å²) in [5, 5.41) is 27.9. The fourth-order valence-corrected chi connectivity index (χ4v) is 2.99. The van der Waals surface area contributed by atoms with Gasteiger partial charge in [0.05, 0.1) is 16.8 Å². The molecule has 0 saturated heterocycles. The quantitative estimate of drug-likeness (QED) is 0.537. The topological polar surface area (TPSA) is 91.1 Å². The highest BCUT2D eigenvalue weighted by Crippen LogP contribution is 2.27. The van der Waals surface area contributed by atoms with Crippen molar-refractivity contribution in [2.24, 2.45) is 0 Å². The van der Waals surface area contributed by atoms with Crippen LogP contribution in [0.15, 0.2) is 65.5 Å². The summed E-state index contributed by atoms with van der Waals surface area (Å²) in [5.74, 6) is -0.0791. The molecular formula is C19H15N3O3. The first-order chi connectivity index (χ1) is 12.1. The standard InChI is InChI=1S/C19H15N3O3/c23-17-8-9-18(24)22(17)13-5-3-4-12(10-13)11-16-14-6-1-2-7-15(14)19(25)21-20-16/h1-10,23-24H,11H2,(H,21,25). The van der Waals surface area contributed by atoms with E-state index in [1.165, 1.54) is 16.7 Å². The van der Waals surface area contributed by atoms with Crippen LogP contribution in [0.25, 0.3) is 16.5 Å². The Morgan fingerprint density at radius 2 is 1.64 bits per heavy atom. The van der Waals surface area contributed by atoms with Crippen LogP contribution >= 0.6 is 0 Å². The summed E-state index contributed by atoms with van der Waals surface area (Å²) < 4.78 is 1.35. The van der Waals surface area contributed by atoms with Gasteiger partial charge in [-0.2, -0.15) is 5.10 Å². The van der Waals surface area contributed by atoms with Crippen molar-refractivity contribution in [1.82, 2.24) is 14.8 Å². The third kappa shape index (κ3) is 2.63. The molecule has 2 aromatic carbocycles. The van der Waals surface area contributed by atoms with Crippen LogP contribution in [-0.2, 0) is 6.42 Å². The molecule has 0 aliphatic rings. The fourth-order valence-electron chi connectivity index (χ4n) is 2.99. The summed E-state index contributed by atoms with van der Waals surface area (Å²) in [6, 6.07) is 17.6. The summed E-state index contributed by atoms with van der Waals surface area (Å²) in [6.45, 7) is 0. The van der Waals surface area contributed by atoms with Crippen LogP contribution in [0.5, 0.6) is 11.8 Å². The molecule has 0 amide bonds. The predicted octanol–water partition coefficient (Wildman–Crippen LogP) is 2.72. The van der Waals surface area contributed by atoms with Crippen LogP contribution in [0.3, 0.4) is 0 Å². The van der Waals surface area contributed by atoms with Crippen molar-refractivity contribution >= 4 is 10.8 Å². The van der Waals surface area contributed by atoms with Gasteiger partial charge in [-0.3, -0.25) is 9.36 Å². The molecule has 25 heavy (non-hydrogen) atoms. The van der Waals surface area contributed by atoms with Crippen LogP contribution in [0, 0.1) is 0 Å². The molecule has 0 spiro atoms. The zero-order chi connectivity index (χ0) is 17.4. The molecular weight excluding hydrogens is 318 g/mol. The van der Waals surface area contributed by atoms with E-state index in [0.29, 0.717) is 17.5 Å². The number of hydrogen-bond acceptors (Lipinski definition) is 4. The average molecular weight is 333 g/mol. The Morgan fingerprint density at radius 3 is 2.40 bits per heavy atom. The van der Waals surface area contributed by atoms with E-state index in [-0.39, 0.29) is 17.3 Å². The molecule has 2 heterocycles. The second-order valence-corrected chi connectivity index (χ2v) is 5.78. The van der Waals surface area contributed by atoms with E-state index in [2.05, 4.69) is 10.2 Å². The highest BCUT2D eigenvalue weighted by atomic mass is 16.3. The number of aromatic amines is 1. The smallest absolute Gasteiger partial charge is 0.272 e. The van der Waals surface area contributed by atoms with Gasteiger partial charge in [0.25, 0.3) is 5.56 Å². The predicted molar refractivity (Wildman–Crippen MR) is 94.3 cm³/mol. The van der Waals surface area contributed by atoms with Gasteiger partial charge in [-0.15, -0.1) is 0 Å². The van der Waals surface area contributed by atoms with Crippen molar-refractivity contribution in [3.8, 4) is 17.4 Å². The maximum absolute atomic E-state index is 11.9. The third-order valence-corrected chi connectivity index (χ3v) is 4.16. The van der Waals surface area contributed by atoms with Gasteiger partial charge >= 0.3 is 0 Å². The van der Waals surface area contributed by atoms with E-state index in [4.69, 9.17) is 0 Å². The van der Waals surface area contributed by atoms with Crippen molar-refractivity contribution in [2.45, 2.75) is 6.42 Å². The molecule has 0 fully saturated rings. The van der Waals surface area contributed by atoms with E-state index in [1.54, 1.807) is 12.1 Å². The molecule has 0 aliphatic carbocycles. The van der Waals surface area contributed by atoms with Crippen LogP contribution in [0.2, 0.25) is 0 Å². The molecule has 3 N–H and O–H groups in total. The minimum atomic E-state index is -0.213. The second kappa shape index (κ2) is 5.83. The highest BCUT2D eigenvalue weighted by Gasteiger charge is 2.10. The van der Waals surface area contributed by atoms with Gasteiger partial charge in [0.1, 0.15) is 0 Å². The molecule has 0 saturated carbocycles. The Hall–Kier alpha value is -3.54. The first-order valence-electron chi connectivity index (χ1n) is 7.79. The number of rotatable bonds is 3. The molecule has 0 atom stereocenters. The largest absolute Gasteiger partial charge is 0.494 e. The number of nitrogens with one attached hydrogen (secondary N) is 1. The van der Waals surface area contributed by atoms with Gasteiger partial charge in [-0.25, -0.2) is 5.10 Å². The summed E-state index contributed by atoms with van der Waals surface area (Å²) in [7, 11) is 0. The molecule has 4 rings (SSSR count). The number of benzene rings is 2. The Kier molecular flexibility index (Phi) is 3.50. The van der Waals surface area contributed by atoms with Crippen LogP contribution in [0.1, 0.15) is 11.3 Å². The van der Waals surface area contributed by atoms with Gasteiger partial charge in [0.15, 0.2) is 11.8 Å². The average Bonchev–Trinajstić information content (AvgIpc) is 2.96. The lowest BCUT2D eigenvalue weighted by Crippen LogP contribution is -2.11. The zero-order valence-corrected chi connectivity index (χ0v) is 13.2. The lowest BCUT2D eigenvalue weighted by atomic mass is 10.0. The maximum atomic E-state index is 11.9. The SMILES string of the molecule is O=c1[nH]nc(Cc2cccc(-n3c(O)ccc3O)c2)c2ccccc12. The number of nitrogens with zero attached hydrogens (tertiary/aromatic N) is 2. The lowest BCUT2D eigenvalue weighted by Gasteiger charge is -2.10. The number of H-pyrrole nitrogens is 1. The summed E-state index contributed by atoms with van der Waals surface area (Å²) in [5.41, 5.74) is 2.13. The molecule has 124 valence electrons. The molecule has 6 heteroatoms. The molecule has 0 radical (unpaired) electrons. The lowest BCUT2D eigenvalue weighted by molar-refractivity contribution is 0.402. The minimum absolute atomic E-state index is 0.0396. The third-order valence-electron chi connectivity index (χ3n) is 4.16. The molecule has 2 aromatic heterocycles. The van der Waals surface area contributed by atoms with Crippen LogP contribution in [-0.4, -0.2) is 25.0 Å². The summed E-state index contributed by atoms with van der Waals surface area (Å²) in [6.07, 6.45) is 0.508. The number of aromatic hydroxyl groups is 2. The van der Waals surface area contributed by atoms with Gasteiger partial charge < -0.3 is 10.2 Å². The van der Waals surface area contributed by atoms with Crippen molar-refractivity contribution in [1.29, 1.82) is 0 Å². The fraction of sp³-hybridized carbons (Fsp3) is 0.0526. The summed E-state index contributed by atoms with van der Waals surface area (Å²) in [4.78, 5) is 11.9. The van der Waals surface area contributed by atoms with Gasteiger partial charge in [0.2, 0.25) is 0 Å². The molecule has 0 unspecified atom stereocenters. The van der Waals surface area contributed by atoms with E-state index in [1.807, 2.05) is 36.4 Å². The Morgan fingerprint density at radius 1 is 0.920 bits per heavy atom. The minimum Gasteiger partial charge on any atom is -0.494 e. The van der Waals surface area contributed by atoms with Gasteiger partial charge in [-0.1, -0.05) is 30.3 Å². The van der Waals surface area contributed by atoms with E-state index < -0.39 is 0 Å². The molecule has 0 aliphatic heterocycles. The van der Waals surface area contributed by atoms with E-state index in [0.717, 1.165) is 16.6 Å². The van der Waals surface area contributed by atoms with Crippen molar-refractivity contribution < 1.29 is 10.2 Å². The molecule has 6 nitrogen and oxygen atoms in total. The summed E-state index contributed by atoms with van der Waals surface area (Å²) >= 11 is 0. The van der Waals surface area contributed by atoms with E-state index in [9.17, 15) is 15.0 Å². The molecule has 0 bridgehead atoms. The maximum Gasteiger partial charge on any atom is 0.272 e. The Labute approximate surface area is 142 Å². The highest BCUT2D eigenvalue weighted by molar-refractivity contribution is 5.83. The zero-order valence-electron chi connectivity index (χ0n) is 13.2. The van der Waals surface area contributed by atoms with Crippen LogP contribution < -0.4 is 5.56 Å². The van der Waals surface area contributed by atoms with Gasteiger partial charge in [-0.05, 0) is 23.8 Å². The number of fused-ring (bicyclic) bond motifs is 1. The first-order valence-corrected chi connectivity index (χ1v) is 7.79. The van der Waals surface area contributed by atoms with Gasteiger partial charge in [0, 0.05) is 23.9 Å². The van der Waals surface area contributed by atoms with E-state index >= 15 is 0 Å². The second-order valence-electron chi connectivity index (χ2n) is 5.78. The Balaban J connectivity index is 1.77. The monoisotopic (exact) mass is 333 g/mol. The number of aromatic nitrogens is 3. The number of hydrogen-bond donors (Lipinski definition) is 3. The Bertz CT molecular complexity index is 1110. The first kappa shape index (κ1) is 15.0. The molecule has 4 aromatic rings. The van der Waals surface area contributed by atoms with Crippen molar-refractivity contribution in [3.05, 3.63) is 82.3 Å². The normalized spacial score (nSPS) is 11.0.